The number of benzene rings is 2. The summed E-state index contributed by atoms with van der Waals surface area (Å²) in [4.78, 5) is 17.5. The first-order valence-corrected chi connectivity index (χ1v) is 14.7. The van der Waals surface area contributed by atoms with Crippen LogP contribution in [0.2, 0.25) is 0 Å². The standard InChI is InChI=1S/C32H46N6O/c1-6-8-31(38-20-23(2)34-24(3)21-38)30-19-33-28-12-11-25(17-29(28)35-30)22-37-15-13-32(14-16-37,36(4)5)26-9-7-10-27(39)18-26/h7,9-12,17-19,23-24,31,34,39H,6,8,13-16,20-22H2,1-5H3/t23-,24+,31?. The number of aromatic nitrogens is 2. The minimum Gasteiger partial charge on any atom is -0.508 e. The number of nitrogens with zero attached hydrogens (tertiary/aromatic N) is 5. The van der Waals surface area contributed by atoms with E-state index in [1.165, 1.54) is 11.1 Å². The zero-order valence-electron chi connectivity index (χ0n) is 24.4. The topological polar surface area (TPSA) is 67.8 Å². The number of phenolic OH excluding ortho intramolecular Hbond substituents is 1. The number of hydrogen-bond donors (Lipinski definition) is 2. The molecule has 3 atom stereocenters. The summed E-state index contributed by atoms with van der Waals surface area (Å²) in [7, 11) is 4.32. The number of phenols is 1. The maximum absolute atomic E-state index is 10.1. The molecule has 2 aliphatic heterocycles. The molecule has 5 rings (SSSR count). The molecule has 0 aliphatic carbocycles. The van der Waals surface area contributed by atoms with Crippen LogP contribution in [0.5, 0.6) is 5.75 Å². The van der Waals surface area contributed by atoms with Crippen molar-refractivity contribution in [3.05, 3.63) is 65.5 Å². The summed E-state index contributed by atoms with van der Waals surface area (Å²) >= 11 is 0. The Morgan fingerprint density at radius 1 is 1.05 bits per heavy atom. The number of rotatable bonds is 8. The number of hydrogen-bond acceptors (Lipinski definition) is 7. The van der Waals surface area contributed by atoms with Crippen molar-refractivity contribution in [2.75, 3.05) is 40.3 Å². The fourth-order valence-electron chi connectivity index (χ4n) is 6.87. The van der Waals surface area contributed by atoms with E-state index in [1.807, 2.05) is 18.3 Å². The van der Waals surface area contributed by atoms with Crippen LogP contribution in [0.3, 0.4) is 0 Å². The van der Waals surface area contributed by atoms with E-state index >= 15 is 0 Å². The summed E-state index contributed by atoms with van der Waals surface area (Å²) in [5.74, 6) is 0.343. The van der Waals surface area contributed by atoms with Crippen LogP contribution in [-0.2, 0) is 12.1 Å². The van der Waals surface area contributed by atoms with Crippen molar-refractivity contribution in [1.29, 1.82) is 0 Å². The van der Waals surface area contributed by atoms with Gasteiger partial charge < -0.3 is 10.4 Å². The fourth-order valence-corrected chi connectivity index (χ4v) is 6.87. The Morgan fingerprint density at radius 3 is 2.46 bits per heavy atom. The highest BCUT2D eigenvalue weighted by molar-refractivity contribution is 5.74. The van der Waals surface area contributed by atoms with Gasteiger partial charge in [-0.15, -0.1) is 0 Å². The van der Waals surface area contributed by atoms with Gasteiger partial charge in [0.15, 0.2) is 0 Å². The van der Waals surface area contributed by atoms with Crippen molar-refractivity contribution < 1.29 is 5.11 Å². The summed E-state index contributed by atoms with van der Waals surface area (Å²) in [6.07, 6.45) is 6.29. The molecule has 2 aliphatic rings. The number of piperidine rings is 1. The predicted molar refractivity (Wildman–Crippen MR) is 159 cm³/mol. The maximum Gasteiger partial charge on any atom is 0.115 e. The van der Waals surface area contributed by atoms with Crippen LogP contribution in [0.4, 0.5) is 0 Å². The molecule has 1 aromatic heterocycles. The Bertz CT molecular complexity index is 1240. The van der Waals surface area contributed by atoms with E-state index in [0.717, 1.165) is 75.1 Å². The van der Waals surface area contributed by atoms with Gasteiger partial charge in [-0.2, -0.15) is 0 Å². The zero-order chi connectivity index (χ0) is 27.6. The van der Waals surface area contributed by atoms with Gasteiger partial charge in [-0.3, -0.25) is 19.7 Å². The molecule has 7 nitrogen and oxygen atoms in total. The number of fused-ring (bicyclic) bond motifs is 1. The normalized spacial score (nSPS) is 23.3. The molecule has 0 bridgehead atoms. The largest absolute Gasteiger partial charge is 0.508 e. The Balaban J connectivity index is 1.31. The lowest BCUT2D eigenvalue weighted by Gasteiger charge is -2.46. The maximum atomic E-state index is 10.1. The van der Waals surface area contributed by atoms with Crippen molar-refractivity contribution in [3.63, 3.8) is 0 Å². The van der Waals surface area contributed by atoms with Gasteiger partial charge in [0.1, 0.15) is 5.75 Å². The molecule has 3 aromatic rings. The second-order valence-corrected chi connectivity index (χ2v) is 12.1. The molecule has 0 amide bonds. The quantitative estimate of drug-likeness (QED) is 0.429. The minimum absolute atomic E-state index is 0.0493. The SMILES string of the molecule is CCCC(c1cnc2ccc(CN3CCC(c4cccc(O)c4)(N(C)C)CC3)cc2n1)N1C[C@@H](C)N[C@@H](C)C1. The van der Waals surface area contributed by atoms with Gasteiger partial charge in [-0.1, -0.05) is 31.5 Å². The van der Waals surface area contributed by atoms with Crippen LogP contribution in [0, 0.1) is 0 Å². The van der Waals surface area contributed by atoms with E-state index in [9.17, 15) is 5.11 Å². The molecule has 2 fully saturated rings. The molecular weight excluding hydrogens is 484 g/mol. The van der Waals surface area contributed by atoms with Crippen molar-refractivity contribution in [2.24, 2.45) is 0 Å². The molecule has 7 heteroatoms. The van der Waals surface area contributed by atoms with E-state index in [4.69, 9.17) is 9.97 Å². The van der Waals surface area contributed by atoms with Crippen LogP contribution in [0.1, 0.15) is 69.3 Å². The summed E-state index contributed by atoms with van der Waals surface area (Å²) in [5.41, 5.74) is 5.51. The van der Waals surface area contributed by atoms with Gasteiger partial charge in [0, 0.05) is 50.3 Å². The molecular formula is C32H46N6O. The third-order valence-corrected chi connectivity index (χ3v) is 8.88. The predicted octanol–water partition coefficient (Wildman–Crippen LogP) is 4.91. The summed E-state index contributed by atoms with van der Waals surface area (Å²) in [6, 6.07) is 15.7. The highest BCUT2D eigenvalue weighted by Gasteiger charge is 2.38. The third-order valence-electron chi connectivity index (χ3n) is 8.88. The van der Waals surface area contributed by atoms with Crippen LogP contribution < -0.4 is 5.32 Å². The molecule has 2 N–H and O–H groups in total. The lowest BCUT2D eigenvalue weighted by molar-refractivity contribution is 0.0506. The molecule has 0 spiro atoms. The van der Waals surface area contributed by atoms with Gasteiger partial charge >= 0.3 is 0 Å². The van der Waals surface area contributed by atoms with Gasteiger partial charge in [-0.05, 0) is 82.6 Å². The summed E-state index contributed by atoms with van der Waals surface area (Å²) in [6.45, 7) is 11.8. The van der Waals surface area contributed by atoms with Crippen LogP contribution in [-0.4, -0.2) is 82.1 Å². The monoisotopic (exact) mass is 530 g/mol. The van der Waals surface area contributed by atoms with E-state index < -0.39 is 0 Å². The van der Waals surface area contributed by atoms with Gasteiger partial charge in [0.25, 0.3) is 0 Å². The minimum atomic E-state index is -0.0493. The molecule has 3 heterocycles. The Kier molecular flexibility index (Phi) is 8.52. The van der Waals surface area contributed by atoms with Gasteiger partial charge in [0.05, 0.1) is 29.0 Å². The van der Waals surface area contributed by atoms with E-state index in [-0.39, 0.29) is 5.54 Å². The third kappa shape index (κ3) is 6.12. The van der Waals surface area contributed by atoms with Crippen LogP contribution >= 0.6 is 0 Å². The van der Waals surface area contributed by atoms with E-state index in [1.54, 1.807) is 6.07 Å². The second kappa shape index (κ2) is 11.9. The smallest absolute Gasteiger partial charge is 0.115 e. The summed E-state index contributed by atoms with van der Waals surface area (Å²) < 4.78 is 0. The van der Waals surface area contributed by atoms with Gasteiger partial charge in [-0.25, -0.2) is 4.98 Å². The molecule has 1 unspecified atom stereocenters. The van der Waals surface area contributed by atoms with Crippen LogP contribution in [0.15, 0.2) is 48.7 Å². The molecule has 39 heavy (non-hydrogen) atoms. The first-order valence-electron chi connectivity index (χ1n) is 14.7. The first-order chi connectivity index (χ1) is 18.8. The summed E-state index contributed by atoms with van der Waals surface area (Å²) in [5, 5.41) is 13.8. The number of aromatic hydroxyl groups is 1. The number of likely N-dealkylation sites (tertiary alicyclic amines) is 1. The average molecular weight is 531 g/mol. The molecule has 0 radical (unpaired) electrons. The number of piperazine rings is 1. The Hall–Kier alpha value is -2.58. The molecule has 2 saturated heterocycles. The Labute approximate surface area is 234 Å². The van der Waals surface area contributed by atoms with Crippen molar-refractivity contribution in [2.45, 2.75) is 76.7 Å². The van der Waals surface area contributed by atoms with Crippen molar-refractivity contribution in [3.8, 4) is 5.75 Å². The second-order valence-electron chi connectivity index (χ2n) is 12.1. The lowest BCUT2D eigenvalue weighted by atomic mass is 9.79. The van der Waals surface area contributed by atoms with E-state index in [2.05, 4.69) is 79.1 Å². The van der Waals surface area contributed by atoms with Crippen molar-refractivity contribution >= 4 is 11.0 Å². The Morgan fingerprint density at radius 2 is 1.79 bits per heavy atom. The van der Waals surface area contributed by atoms with Gasteiger partial charge in [0.2, 0.25) is 0 Å². The highest BCUT2D eigenvalue weighted by Crippen LogP contribution is 2.39. The molecule has 0 saturated carbocycles. The molecule has 2 aromatic carbocycles. The van der Waals surface area contributed by atoms with E-state index in [0.29, 0.717) is 23.9 Å². The lowest BCUT2D eigenvalue weighted by Crippen LogP contribution is -2.55. The molecule has 210 valence electrons. The van der Waals surface area contributed by atoms with Crippen LogP contribution in [0.25, 0.3) is 11.0 Å². The first kappa shape index (κ1) is 28.0. The number of nitrogens with one attached hydrogen (secondary N) is 1. The van der Waals surface area contributed by atoms with Crippen molar-refractivity contribution in [1.82, 2.24) is 30.0 Å². The highest BCUT2D eigenvalue weighted by atomic mass is 16.3. The zero-order valence-corrected chi connectivity index (χ0v) is 24.4. The average Bonchev–Trinajstić information content (AvgIpc) is 2.91. The fraction of sp³-hybridized carbons (Fsp3) is 0.562.